The summed E-state index contributed by atoms with van der Waals surface area (Å²) in [5.74, 6) is 0. The molecule has 0 saturated heterocycles. The number of rotatable bonds is 4. The zero-order chi connectivity index (χ0) is 12.2. The number of likely N-dealkylation sites (N-methyl/N-ethyl adjacent to an activating group) is 1. The normalized spacial score (nSPS) is 13.6. The molecule has 0 fully saturated rings. The average Bonchev–Trinajstić information content (AvgIpc) is 2.25. The second-order valence-corrected chi connectivity index (χ2v) is 3.43. The van der Waals surface area contributed by atoms with E-state index < -0.39 is 18.8 Å². The van der Waals surface area contributed by atoms with Gasteiger partial charge in [0.15, 0.2) is 6.10 Å². The molecule has 1 unspecified atom stereocenters. The van der Waals surface area contributed by atoms with Crippen LogP contribution in [0.25, 0.3) is 0 Å². The number of hydrogen-bond donors (Lipinski definition) is 1. The van der Waals surface area contributed by atoms with E-state index in [1.54, 1.807) is 37.3 Å². The van der Waals surface area contributed by atoms with Gasteiger partial charge in [-0.3, -0.25) is 0 Å². The third kappa shape index (κ3) is 3.41. The number of para-hydroxylation sites is 1. The highest BCUT2D eigenvalue weighted by atomic mass is 19.4. The smallest absolute Gasteiger partial charge is 0.382 e. The first-order valence-corrected chi connectivity index (χ1v) is 5.00. The molecule has 1 N–H and O–H groups in total. The van der Waals surface area contributed by atoms with E-state index in [0.717, 1.165) is 0 Å². The molecular weight excluding hydrogens is 219 g/mol. The molecule has 16 heavy (non-hydrogen) atoms. The van der Waals surface area contributed by atoms with Gasteiger partial charge in [0.1, 0.15) is 0 Å². The zero-order valence-electron chi connectivity index (χ0n) is 8.91. The molecule has 1 atom stereocenters. The second-order valence-electron chi connectivity index (χ2n) is 3.43. The fraction of sp³-hybridized carbons (Fsp3) is 0.455. The van der Waals surface area contributed by atoms with E-state index in [1.165, 1.54) is 4.90 Å². The average molecular weight is 233 g/mol. The van der Waals surface area contributed by atoms with Crippen molar-refractivity contribution in [2.45, 2.75) is 19.2 Å². The van der Waals surface area contributed by atoms with Crippen LogP contribution in [0.1, 0.15) is 6.92 Å². The molecule has 1 aromatic rings. The van der Waals surface area contributed by atoms with Crippen molar-refractivity contribution < 1.29 is 18.3 Å². The van der Waals surface area contributed by atoms with Crippen LogP contribution in [0.2, 0.25) is 0 Å². The van der Waals surface area contributed by atoms with Gasteiger partial charge in [-0.1, -0.05) is 18.2 Å². The predicted octanol–water partition coefficient (Wildman–Crippen LogP) is 2.44. The predicted molar refractivity (Wildman–Crippen MR) is 56.4 cm³/mol. The quantitative estimate of drug-likeness (QED) is 0.863. The lowest BCUT2D eigenvalue weighted by Gasteiger charge is -2.26. The number of halogens is 3. The van der Waals surface area contributed by atoms with Crippen LogP contribution in [0.4, 0.5) is 18.9 Å². The van der Waals surface area contributed by atoms with Gasteiger partial charge in [0.2, 0.25) is 0 Å². The molecule has 0 amide bonds. The first-order chi connectivity index (χ1) is 7.45. The summed E-state index contributed by atoms with van der Waals surface area (Å²) >= 11 is 0. The lowest BCUT2D eigenvalue weighted by Crippen LogP contribution is -2.41. The minimum absolute atomic E-state index is 0.414. The van der Waals surface area contributed by atoms with Crippen LogP contribution in [0.5, 0.6) is 0 Å². The van der Waals surface area contributed by atoms with Crippen LogP contribution >= 0.6 is 0 Å². The Morgan fingerprint density at radius 2 is 1.81 bits per heavy atom. The highest BCUT2D eigenvalue weighted by Crippen LogP contribution is 2.22. The van der Waals surface area contributed by atoms with Gasteiger partial charge in [0.25, 0.3) is 0 Å². The maximum Gasteiger partial charge on any atom is 0.416 e. The Bertz CT molecular complexity index is 313. The molecule has 0 aromatic heterocycles. The minimum atomic E-state index is -4.57. The molecule has 90 valence electrons. The number of aliphatic hydroxyl groups excluding tert-OH is 1. The molecule has 0 aliphatic rings. The van der Waals surface area contributed by atoms with E-state index in [2.05, 4.69) is 0 Å². The first-order valence-electron chi connectivity index (χ1n) is 5.00. The lowest BCUT2D eigenvalue weighted by molar-refractivity contribution is -0.200. The van der Waals surface area contributed by atoms with Crippen LogP contribution in [0.3, 0.4) is 0 Å². The van der Waals surface area contributed by atoms with Crippen molar-refractivity contribution in [3.05, 3.63) is 30.3 Å². The molecular formula is C11H14F3NO. The molecule has 0 bridgehead atoms. The summed E-state index contributed by atoms with van der Waals surface area (Å²) in [6.07, 6.45) is -6.88. The number of alkyl halides is 3. The Hall–Kier alpha value is -1.23. The van der Waals surface area contributed by atoms with Crippen LogP contribution in [0, 0.1) is 0 Å². The van der Waals surface area contributed by atoms with Gasteiger partial charge in [0.05, 0.1) is 6.54 Å². The third-order valence-electron chi connectivity index (χ3n) is 2.27. The number of anilines is 1. The standard InChI is InChI=1S/C11H14F3NO/c1-2-15(8-10(16)11(12,13)14)9-6-4-3-5-7-9/h3-7,10,16H,2,8H2,1H3. The summed E-state index contributed by atoms with van der Waals surface area (Å²) in [5, 5.41) is 8.98. The molecule has 0 aliphatic carbocycles. The van der Waals surface area contributed by atoms with E-state index in [-0.39, 0.29) is 0 Å². The van der Waals surface area contributed by atoms with Gasteiger partial charge in [-0.15, -0.1) is 0 Å². The largest absolute Gasteiger partial charge is 0.416 e. The number of aliphatic hydroxyl groups is 1. The summed E-state index contributed by atoms with van der Waals surface area (Å²) in [7, 11) is 0. The number of benzene rings is 1. The second kappa shape index (κ2) is 5.21. The molecule has 0 aliphatic heterocycles. The fourth-order valence-electron chi connectivity index (χ4n) is 1.37. The first kappa shape index (κ1) is 12.8. The summed E-state index contributed by atoms with van der Waals surface area (Å²) in [5.41, 5.74) is 0.674. The SMILES string of the molecule is CCN(CC(O)C(F)(F)F)c1ccccc1. The van der Waals surface area contributed by atoms with E-state index >= 15 is 0 Å². The maximum absolute atomic E-state index is 12.2. The van der Waals surface area contributed by atoms with E-state index in [0.29, 0.717) is 12.2 Å². The Balaban J connectivity index is 2.70. The van der Waals surface area contributed by atoms with Crippen LogP contribution < -0.4 is 4.90 Å². The molecule has 0 saturated carbocycles. The van der Waals surface area contributed by atoms with Gasteiger partial charge in [-0.2, -0.15) is 13.2 Å². The van der Waals surface area contributed by atoms with Crippen molar-refractivity contribution in [3.63, 3.8) is 0 Å². The van der Waals surface area contributed by atoms with Crippen molar-refractivity contribution in [1.29, 1.82) is 0 Å². The Labute approximate surface area is 92.3 Å². The topological polar surface area (TPSA) is 23.5 Å². The fourth-order valence-corrected chi connectivity index (χ4v) is 1.37. The van der Waals surface area contributed by atoms with E-state index in [9.17, 15) is 13.2 Å². The summed E-state index contributed by atoms with van der Waals surface area (Å²) in [4.78, 5) is 1.48. The zero-order valence-corrected chi connectivity index (χ0v) is 8.91. The summed E-state index contributed by atoms with van der Waals surface area (Å²) in [6.45, 7) is 1.72. The van der Waals surface area contributed by atoms with Crippen LogP contribution in [0.15, 0.2) is 30.3 Å². The number of nitrogens with zero attached hydrogens (tertiary/aromatic N) is 1. The van der Waals surface area contributed by atoms with Crippen molar-refractivity contribution in [3.8, 4) is 0 Å². The summed E-state index contributed by atoms with van der Waals surface area (Å²) in [6, 6.07) is 8.71. The molecule has 1 rings (SSSR count). The molecule has 2 nitrogen and oxygen atoms in total. The van der Waals surface area contributed by atoms with E-state index in [4.69, 9.17) is 5.11 Å². The van der Waals surface area contributed by atoms with Crippen molar-refractivity contribution >= 4 is 5.69 Å². The lowest BCUT2D eigenvalue weighted by atomic mass is 10.2. The highest BCUT2D eigenvalue weighted by Gasteiger charge is 2.39. The molecule has 1 aromatic carbocycles. The molecule has 0 spiro atoms. The summed E-state index contributed by atoms with van der Waals surface area (Å²) < 4.78 is 36.6. The van der Waals surface area contributed by atoms with Crippen LogP contribution in [-0.4, -0.2) is 30.5 Å². The molecule has 0 radical (unpaired) electrons. The van der Waals surface area contributed by atoms with Gasteiger partial charge >= 0.3 is 6.18 Å². The van der Waals surface area contributed by atoms with E-state index in [1.807, 2.05) is 0 Å². The Morgan fingerprint density at radius 3 is 2.25 bits per heavy atom. The third-order valence-corrected chi connectivity index (χ3v) is 2.27. The van der Waals surface area contributed by atoms with Gasteiger partial charge in [0, 0.05) is 12.2 Å². The van der Waals surface area contributed by atoms with Crippen molar-refractivity contribution in [1.82, 2.24) is 0 Å². The van der Waals surface area contributed by atoms with Crippen molar-refractivity contribution in [2.24, 2.45) is 0 Å². The van der Waals surface area contributed by atoms with Crippen LogP contribution in [-0.2, 0) is 0 Å². The van der Waals surface area contributed by atoms with Gasteiger partial charge in [-0.05, 0) is 19.1 Å². The highest BCUT2D eigenvalue weighted by molar-refractivity contribution is 5.45. The monoisotopic (exact) mass is 233 g/mol. The molecule has 0 heterocycles. The Morgan fingerprint density at radius 1 is 1.25 bits per heavy atom. The number of hydrogen-bond acceptors (Lipinski definition) is 2. The maximum atomic E-state index is 12.2. The minimum Gasteiger partial charge on any atom is -0.382 e. The van der Waals surface area contributed by atoms with Crippen molar-refractivity contribution in [2.75, 3.05) is 18.0 Å². The van der Waals surface area contributed by atoms with Gasteiger partial charge < -0.3 is 10.0 Å². The Kier molecular flexibility index (Phi) is 4.18. The molecule has 5 heteroatoms. The van der Waals surface area contributed by atoms with Gasteiger partial charge in [-0.25, -0.2) is 0 Å².